The molecule has 0 aliphatic carbocycles. The molecule has 0 unspecified atom stereocenters. The minimum atomic E-state index is -4.57. The van der Waals surface area contributed by atoms with Gasteiger partial charge in [-0.15, -0.1) is 0 Å². The summed E-state index contributed by atoms with van der Waals surface area (Å²) in [5.74, 6) is 0.312. The van der Waals surface area contributed by atoms with Crippen LogP contribution >= 0.6 is 0 Å². The van der Waals surface area contributed by atoms with Crippen LogP contribution in [0.2, 0.25) is 0 Å². The smallest absolute Gasteiger partial charge is 0.337 e. The number of alkyl halides is 3. The Labute approximate surface area is 124 Å². The molecule has 0 aliphatic rings. The second kappa shape index (κ2) is 5.51. The van der Waals surface area contributed by atoms with Crippen LogP contribution in [0.15, 0.2) is 54.7 Å². The Morgan fingerprint density at radius 1 is 0.955 bits per heavy atom. The second-order valence-corrected chi connectivity index (χ2v) is 4.53. The number of H-pyrrole nitrogens is 1. The SMILES string of the molecule is FC(F)(F)c1n[nH]c(-c2ccccc2)c1Nc1ccccn1. The molecular weight excluding hydrogens is 293 g/mol. The lowest BCUT2D eigenvalue weighted by atomic mass is 10.1. The summed E-state index contributed by atoms with van der Waals surface area (Å²) >= 11 is 0. The molecule has 0 amide bonds. The lowest BCUT2D eigenvalue weighted by Crippen LogP contribution is -2.09. The average Bonchev–Trinajstić information content (AvgIpc) is 2.93. The number of nitrogens with one attached hydrogen (secondary N) is 2. The highest BCUT2D eigenvalue weighted by molar-refractivity contribution is 5.79. The van der Waals surface area contributed by atoms with Crippen molar-refractivity contribution in [3.8, 4) is 11.3 Å². The van der Waals surface area contributed by atoms with E-state index in [0.29, 0.717) is 11.4 Å². The van der Waals surface area contributed by atoms with Crippen molar-refractivity contribution in [1.29, 1.82) is 0 Å². The fourth-order valence-corrected chi connectivity index (χ4v) is 2.05. The van der Waals surface area contributed by atoms with Crippen LogP contribution in [0.1, 0.15) is 5.69 Å². The highest BCUT2D eigenvalue weighted by Crippen LogP contribution is 2.39. The number of rotatable bonds is 3. The maximum absolute atomic E-state index is 13.1. The molecule has 0 fully saturated rings. The Balaban J connectivity index is 2.10. The third-order valence-corrected chi connectivity index (χ3v) is 3.02. The van der Waals surface area contributed by atoms with Crippen LogP contribution in [0.25, 0.3) is 11.3 Å². The zero-order valence-electron chi connectivity index (χ0n) is 11.2. The summed E-state index contributed by atoms with van der Waals surface area (Å²) in [6.07, 6.45) is -3.07. The molecule has 2 heterocycles. The van der Waals surface area contributed by atoms with Crippen LogP contribution < -0.4 is 5.32 Å². The van der Waals surface area contributed by atoms with Crippen LogP contribution in [-0.2, 0) is 6.18 Å². The number of pyridine rings is 1. The van der Waals surface area contributed by atoms with Crippen molar-refractivity contribution < 1.29 is 13.2 Å². The fourth-order valence-electron chi connectivity index (χ4n) is 2.05. The predicted octanol–water partition coefficient (Wildman–Crippen LogP) is 4.23. The van der Waals surface area contributed by atoms with Gasteiger partial charge in [0.05, 0.1) is 11.4 Å². The van der Waals surface area contributed by atoms with E-state index in [4.69, 9.17) is 0 Å². The lowest BCUT2D eigenvalue weighted by molar-refractivity contribution is -0.140. The minimum Gasteiger partial charge on any atom is -0.337 e. The quantitative estimate of drug-likeness (QED) is 0.761. The molecule has 1 aromatic carbocycles. The van der Waals surface area contributed by atoms with Crippen LogP contribution in [0.5, 0.6) is 0 Å². The maximum Gasteiger partial charge on any atom is 0.437 e. The molecule has 22 heavy (non-hydrogen) atoms. The first kappa shape index (κ1) is 14.1. The van der Waals surface area contributed by atoms with E-state index in [1.165, 1.54) is 6.20 Å². The monoisotopic (exact) mass is 304 g/mol. The molecule has 2 N–H and O–H groups in total. The standard InChI is InChI=1S/C15H11F3N4/c16-15(17,18)14-13(20-11-8-4-5-9-19-11)12(21-22-14)10-6-2-1-3-7-10/h1-9H,(H,19,20)(H,21,22). The Morgan fingerprint density at radius 2 is 1.68 bits per heavy atom. The van der Waals surface area contributed by atoms with Gasteiger partial charge in [0.15, 0.2) is 5.69 Å². The van der Waals surface area contributed by atoms with Crippen LogP contribution in [-0.4, -0.2) is 15.2 Å². The number of anilines is 2. The normalized spacial score (nSPS) is 11.4. The molecule has 112 valence electrons. The van der Waals surface area contributed by atoms with Crippen molar-refractivity contribution in [3.63, 3.8) is 0 Å². The van der Waals surface area contributed by atoms with Gasteiger partial charge in [0, 0.05) is 11.8 Å². The summed E-state index contributed by atoms with van der Waals surface area (Å²) in [6.45, 7) is 0. The first-order valence-electron chi connectivity index (χ1n) is 6.45. The van der Waals surface area contributed by atoms with Crippen molar-refractivity contribution in [2.45, 2.75) is 6.18 Å². The first-order chi connectivity index (χ1) is 10.6. The zero-order valence-corrected chi connectivity index (χ0v) is 11.2. The number of nitrogens with zero attached hydrogens (tertiary/aromatic N) is 2. The molecule has 0 atom stereocenters. The molecule has 2 aromatic heterocycles. The van der Waals surface area contributed by atoms with Crippen molar-refractivity contribution in [2.75, 3.05) is 5.32 Å². The van der Waals surface area contributed by atoms with E-state index in [1.54, 1.807) is 48.5 Å². The summed E-state index contributed by atoms with van der Waals surface area (Å²) in [4.78, 5) is 3.99. The molecule has 0 bridgehead atoms. The molecule has 0 saturated carbocycles. The molecule has 0 saturated heterocycles. The van der Waals surface area contributed by atoms with E-state index in [0.717, 1.165) is 0 Å². The number of benzene rings is 1. The third-order valence-electron chi connectivity index (χ3n) is 3.02. The van der Waals surface area contributed by atoms with E-state index in [1.807, 2.05) is 0 Å². The summed E-state index contributed by atoms with van der Waals surface area (Å²) in [5, 5.41) is 8.58. The first-order valence-corrected chi connectivity index (χ1v) is 6.45. The lowest BCUT2D eigenvalue weighted by Gasteiger charge is -2.10. The molecular formula is C15H11F3N4. The summed E-state index contributed by atoms with van der Waals surface area (Å²) < 4.78 is 39.4. The van der Waals surface area contributed by atoms with Gasteiger partial charge in [-0.1, -0.05) is 36.4 Å². The van der Waals surface area contributed by atoms with Crippen molar-refractivity contribution in [2.24, 2.45) is 0 Å². The Morgan fingerprint density at radius 3 is 2.32 bits per heavy atom. The highest BCUT2D eigenvalue weighted by Gasteiger charge is 2.38. The van der Waals surface area contributed by atoms with Gasteiger partial charge in [-0.25, -0.2) is 4.98 Å². The fraction of sp³-hybridized carbons (Fsp3) is 0.0667. The molecule has 0 spiro atoms. The Hall–Kier alpha value is -2.83. The van der Waals surface area contributed by atoms with Gasteiger partial charge in [0.1, 0.15) is 5.82 Å². The maximum atomic E-state index is 13.1. The van der Waals surface area contributed by atoms with E-state index in [9.17, 15) is 13.2 Å². The van der Waals surface area contributed by atoms with Gasteiger partial charge in [0.2, 0.25) is 0 Å². The summed E-state index contributed by atoms with van der Waals surface area (Å²) in [5.41, 5.74) is -0.281. The molecule has 3 rings (SSSR count). The number of hydrogen-bond acceptors (Lipinski definition) is 3. The van der Waals surface area contributed by atoms with Crippen LogP contribution in [0.4, 0.5) is 24.7 Å². The van der Waals surface area contributed by atoms with E-state index >= 15 is 0 Å². The largest absolute Gasteiger partial charge is 0.437 e. The predicted molar refractivity (Wildman–Crippen MR) is 76.5 cm³/mol. The van der Waals surface area contributed by atoms with E-state index in [2.05, 4.69) is 20.5 Å². The van der Waals surface area contributed by atoms with Gasteiger partial charge in [-0.3, -0.25) is 5.10 Å². The van der Waals surface area contributed by atoms with E-state index in [-0.39, 0.29) is 11.4 Å². The topological polar surface area (TPSA) is 53.6 Å². The molecule has 3 aromatic rings. The number of aromatic amines is 1. The zero-order chi connectivity index (χ0) is 15.6. The molecule has 7 heteroatoms. The van der Waals surface area contributed by atoms with Gasteiger partial charge in [-0.05, 0) is 12.1 Å². The van der Waals surface area contributed by atoms with E-state index < -0.39 is 11.9 Å². The van der Waals surface area contributed by atoms with Gasteiger partial charge in [0.25, 0.3) is 0 Å². The molecule has 4 nitrogen and oxygen atoms in total. The van der Waals surface area contributed by atoms with Crippen molar-refractivity contribution in [1.82, 2.24) is 15.2 Å². The second-order valence-electron chi connectivity index (χ2n) is 4.53. The summed E-state index contributed by atoms with van der Waals surface area (Å²) in [7, 11) is 0. The highest BCUT2D eigenvalue weighted by atomic mass is 19.4. The van der Waals surface area contributed by atoms with Gasteiger partial charge >= 0.3 is 6.18 Å². The van der Waals surface area contributed by atoms with Gasteiger partial charge in [-0.2, -0.15) is 18.3 Å². The van der Waals surface area contributed by atoms with Crippen LogP contribution in [0.3, 0.4) is 0 Å². The summed E-state index contributed by atoms with van der Waals surface area (Å²) in [6, 6.07) is 13.6. The van der Waals surface area contributed by atoms with Gasteiger partial charge < -0.3 is 5.32 Å². The number of aromatic nitrogens is 3. The number of hydrogen-bond donors (Lipinski definition) is 2. The third kappa shape index (κ3) is 2.78. The Kier molecular flexibility index (Phi) is 3.54. The van der Waals surface area contributed by atoms with Crippen molar-refractivity contribution >= 4 is 11.5 Å². The van der Waals surface area contributed by atoms with Crippen molar-refractivity contribution in [3.05, 3.63) is 60.4 Å². The average molecular weight is 304 g/mol. The molecule has 0 aliphatic heterocycles. The minimum absolute atomic E-state index is 0.141. The Bertz CT molecular complexity index is 751. The van der Waals surface area contributed by atoms with Crippen LogP contribution in [0, 0.1) is 0 Å². The molecule has 0 radical (unpaired) electrons. The number of halogens is 3.